The minimum atomic E-state index is -1.16. The normalized spacial score (nSPS) is 15.9. The smallest absolute Gasteiger partial charge is 0.325 e. The molecule has 0 aliphatic carbocycles. The number of rotatable bonds is 15. The molecule has 0 rings (SSSR count). The van der Waals surface area contributed by atoms with Crippen molar-refractivity contribution in [2.45, 2.75) is 64.2 Å². The van der Waals surface area contributed by atoms with E-state index in [9.17, 15) is 19.2 Å². The second-order valence-electron chi connectivity index (χ2n) is 7.17. The van der Waals surface area contributed by atoms with Gasteiger partial charge in [-0.15, -0.1) is 0 Å². The molecule has 0 saturated heterocycles. The van der Waals surface area contributed by atoms with Gasteiger partial charge in [-0.1, -0.05) is 20.3 Å². The van der Waals surface area contributed by atoms with Crippen LogP contribution in [0.25, 0.3) is 0 Å². The zero-order chi connectivity index (χ0) is 23.3. The average molecular weight is 465 g/mol. The molecule has 0 aliphatic rings. The Kier molecular flexibility index (Phi) is 14.6. The SMILES string of the molecule is CCC(C)C(NC(=O)C(CCSC)NC(=O)C(N)CCSC)C(=O)NC(C)C(=O)O. The molecule has 6 N–H and O–H groups in total. The highest BCUT2D eigenvalue weighted by molar-refractivity contribution is 7.98. The number of nitrogens with two attached hydrogens (primary N) is 1. The van der Waals surface area contributed by atoms with Gasteiger partial charge < -0.3 is 26.8 Å². The first kappa shape index (κ1) is 28.5. The van der Waals surface area contributed by atoms with Crippen LogP contribution in [0, 0.1) is 5.92 Å². The largest absolute Gasteiger partial charge is 0.480 e. The van der Waals surface area contributed by atoms with E-state index in [4.69, 9.17) is 10.8 Å². The number of thioether (sulfide) groups is 2. The predicted molar refractivity (Wildman–Crippen MR) is 123 cm³/mol. The van der Waals surface area contributed by atoms with Crippen LogP contribution < -0.4 is 21.7 Å². The van der Waals surface area contributed by atoms with Gasteiger partial charge in [-0.3, -0.25) is 19.2 Å². The van der Waals surface area contributed by atoms with Crippen molar-refractivity contribution in [1.82, 2.24) is 16.0 Å². The van der Waals surface area contributed by atoms with Crippen LogP contribution in [0.1, 0.15) is 40.0 Å². The van der Waals surface area contributed by atoms with Crippen LogP contribution in [0.3, 0.4) is 0 Å². The lowest BCUT2D eigenvalue weighted by Crippen LogP contribution is -2.58. The lowest BCUT2D eigenvalue weighted by atomic mass is 9.97. The minimum absolute atomic E-state index is 0.226. The fourth-order valence-electron chi connectivity index (χ4n) is 2.48. The molecule has 5 unspecified atom stereocenters. The second kappa shape index (κ2) is 15.4. The highest BCUT2D eigenvalue weighted by Gasteiger charge is 2.31. The van der Waals surface area contributed by atoms with Crippen LogP contribution in [0.2, 0.25) is 0 Å². The molecule has 0 aromatic rings. The molecule has 30 heavy (non-hydrogen) atoms. The summed E-state index contributed by atoms with van der Waals surface area (Å²) < 4.78 is 0. The third-order valence-corrected chi connectivity index (χ3v) is 6.02. The lowest BCUT2D eigenvalue weighted by Gasteiger charge is -2.27. The van der Waals surface area contributed by atoms with E-state index in [2.05, 4.69) is 16.0 Å². The van der Waals surface area contributed by atoms with Crippen LogP contribution in [0.15, 0.2) is 0 Å². The number of carboxylic acid groups (broad SMARTS) is 1. The summed E-state index contributed by atoms with van der Waals surface area (Å²) >= 11 is 3.12. The van der Waals surface area contributed by atoms with Crippen molar-refractivity contribution in [2.24, 2.45) is 11.7 Å². The molecule has 0 saturated carbocycles. The van der Waals surface area contributed by atoms with E-state index < -0.39 is 47.9 Å². The first-order chi connectivity index (χ1) is 14.1. The number of hydrogen-bond donors (Lipinski definition) is 5. The van der Waals surface area contributed by atoms with E-state index in [1.807, 2.05) is 19.4 Å². The van der Waals surface area contributed by atoms with Crippen molar-refractivity contribution in [3.05, 3.63) is 0 Å². The Hall–Kier alpha value is -1.46. The van der Waals surface area contributed by atoms with Crippen molar-refractivity contribution in [3.63, 3.8) is 0 Å². The molecule has 174 valence electrons. The molecule has 0 aromatic heterocycles. The summed E-state index contributed by atoms with van der Waals surface area (Å²) in [7, 11) is 0. The molecule has 0 bridgehead atoms. The van der Waals surface area contributed by atoms with Gasteiger partial charge >= 0.3 is 5.97 Å². The molecule has 0 radical (unpaired) electrons. The summed E-state index contributed by atoms with van der Waals surface area (Å²) in [6.07, 6.45) is 5.29. The van der Waals surface area contributed by atoms with Gasteiger partial charge in [0.2, 0.25) is 17.7 Å². The number of aliphatic carboxylic acids is 1. The summed E-state index contributed by atoms with van der Waals surface area (Å²) in [5, 5.41) is 16.8. The van der Waals surface area contributed by atoms with Gasteiger partial charge in [-0.05, 0) is 49.7 Å². The molecule has 11 heteroatoms. The molecular weight excluding hydrogens is 428 g/mol. The molecule has 9 nitrogen and oxygen atoms in total. The summed E-state index contributed by atoms with van der Waals surface area (Å²) in [6, 6.07) is -3.54. The standard InChI is InChI=1S/C19H36N4O5S2/c1-6-11(2)15(18(26)21-12(3)19(27)28)23-17(25)14(8-10-30-5)22-16(24)13(20)7-9-29-4/h11-15H,6-10,20H2,1-5H3,(H,21,26)(H,22,24)(H,23,25)(H,27,28). The molecule has 0 aliphatic heterocycles. The topological polar surface area (TPSA) is 151 Å². The van der Waals surface area contributed by atoms with E-state index in [-0.39, 0.29) is 5.92 Å². The number of carboxylic acids is 1. The molecular formula is C19H36N4O5S2. The third-order valence-electron chi connectivity index (χ3n) is 4.74. The number of amides is 3. The highest BCUT2D eigenvalue weighted by atomic mass is 32.2. The van der Waals surface area contributed by atoms with Gasteiger partial charge in [0.05, 0.1) is 6.04 Å². The predicted octanol–water partition coefficient (Wildman–Crippen LogP) is 0.425. The van der Waals surface area contributed by atoms with Gasteiger partial charge in [-0.25, -0.2) is 0 Å². The minimum Gasteiger partial charge on any atom is -0.480 e. The van der Waals surface area contributed by atoms with E-state index in [1.54, 1.807) is 18.7 Å². The third kappa shape index (κ3) is 10.5. The van der Waals surface area contributed by atoms with Crippen molar-refractivity contribution in [2.75, 3.05) is 24.0 Å². The highest BCUT2D eigenvalue weighted by Crippen LogP contribution is 2.10. The van der Waals surface area contributed by atoms with E-state index >= 15 is 0 Å². The molecule has 0 fully saturated rings. The number of carbonyl (C=O) groups is 4. The van der Waals surface area contributed by atoms with Crippen molar-refractivity contribution >= 4 is 47.2 Å². The molecule has 0 aromatic carbocycles. The number of carbonyl (C=O) groups excluding carboxylic acids is 3. The summed E-state index contributed by atoms with van der Waals surface area (Å²) in [4.78, 5) is 48.9. The molecule has 0 spiro atoms. The zero-order valence-corrected chi connectivity index (χ0v) is 20.0. The monoisotopic (exact) mass is 464 g/mol. The van der Waals surface area contributed by atoms with E-state index in [1.165, 1.54) is 18.7 Å². The second-order valence-corrected chi connectivity index (χ2v) is 9.14. The number of hydrogen-bond acceptors (Lipinski definition) is 7. The first-order valence-corrected chi connectivity index (χ1v) is 12.7. The van der Waals surface area contributed by atoms with Crippen LogP contribution in [0.4, 0.5) is 0 Å². The van der Waals surface area contributed by atoms with Gasteiger partial charge in [-0.2, -0.15) is 23.5 Å². The Labute approximate surface area is 187 Å². The molecule has 3 amide bonds. The van der Waals surface area contributed by atoms with Crippen LogP contribution in [0.5, 0.6) is 0 Å². The Bertz CT molecular complexity index is 579. The summed E-state index contributed by atoms with van der Waals surface area (Å²) in [6.45, 7) is 5.02. The van der Waals surface area contributed by atoms with E-state index in [0.29, 0.717) is 25.0 Å². The maximum Gasteiger partial charge on any atom is 0.325 e. The van der Waals surface area contributed by atoms with Crippen molar-refractivity contribution < 1.29 is 24.3 Å². The lowest BCUT2D eigenvalue weighted by molar-refractivity contribution is -0.142. The average Bonchev–Trinajstić information content (AvgIpc) is 2.71. The van der Waals surface area contributed by atoms with Gasteiger partial charge in [0, 0.05) is 0 Å². The van der Waals surface area contributed by atoms with Crippen molar-refractivity contribution in [3.8, 4) is 0 Å². The fourth-order valence-corrected chi connectivity index (χ4v) is 3.44. The molecule has 0 heterocycles. The van der Waals surface area contributed by atoms with E-state index in [0.717, 1.165) is 5.75 Å². The quantitative estimate of drug-likeness (QED) is 0.234. The van der Waals surface area contributed by atoms with Gasteiger partial charge in [0.1, 0.15) is 18.1 Å². The first-order valence-electron chi connectivity index (χ1n) is 9.96. The van der Waals surface area contributed by atoms with Crippen LogP contribution >= 0.6 is 23.5 Å². The van der Waals surface area contributed by atoms with Gasteiger partial charge in [0.15, 0.2) is 0 Å². The molecule has 5 atom stereocenters. The maximum atomic E-state index is 12.9. The van der Waals surface area contributed by atoms with Crippen LogP contribution in [-0.2, 0) is 19.2 Å². The fraction of sp³-hybridized carbons (Fsp3) is 0.789. The number of nitrogens with one attached hydrogen (secondary N) is 3. The Morgan fingerprint density at radius 3 is 1.97 bits per heavy atom. The maximum absolute atomic E-state index is 12.9. The van der Waals surface area contributed by atoms with Gasteiger partial charge in [0.25, 0.3) is 0 Å². The summed E-state index contributed by atoms with van der Waals surface area (Å²) in [5.74, 6) is -1.49. The van der Waals surface area contributed by atoms with Crippen molar-refractivity contribution in [1.29, 1.82) is 0 Å². The zero-order valence-electron chi connectivity index (χ0n) is 18.4. The Morgan fingerprint density at radius 2 is 1.47 bits per heavy atom. The Morgan fingerprint density at radius 1 is 0.900 bits per heavy atom. The Balaban J connectivity index is 5.29. The summed E-state index contributed by atoms with van der Waals surface area (Å²) in [5.41, 5.74) is 5.90. The van der Waals surface area contributed by atoms with Crippen LogP contribution in [-0.4, -0.2) is 77.0 Å².